The number of anilines is 1. The van der Waals surface area contributed by atoms with E-state index in [2.05, 4.69) is 9.71 Å². The van der Waals surface area contributed by atoms with Gasteiger partial charge in [-0.25, -0.2) is 8.42 Å². The van der Waals surface area contributed by atoms with E-state index in [-0.39, 0.29) is 10.5 Å². The van der Waals surface area contributed by atoms with Gasteiger partial charge >= 0.3 is 0 Å². The number of nitrogens with zero attached hydrogens (tertiary/aromatic N) is 2. The van der Waals surface area contributed by atoms with Crippen LogP contribution in [0.3, 0.4) is 0 Å². The van der Waals surface area contributed by atoms with E-state index in [0.717, 1.165) is 21.5 Å². The largest absolute Gasteiger partial charge is 0.492 e. The minimum Gasteiger partial charge on any atom is -0.492 e. The molecule has 1 aromatic heterocycles. The van der Waals surface area contributed by atoms with E-state index >= 15 is 0 Å². The SMILES string of the molecule is CCOc1cccc2sc(=NC(=O)c3cccc(NS(=O)(=O)c4ccc(C)cc4)c3)n(CC)c12. The zero-order valence-electron chi connectivity index (χ0n) is 19.1. The summed E-state index contributed by atoms with van der Waals surface area (Å²) in [6, 6.07) is 18.7. The molecule has 1 heterocycles. The Morgan fingerprint density at radius 2 is 1.79 bits per heavy atom. The van der Waals surface area contributed by atoms with Crippen LogP contribution >= 0.6 is 11.3 Å². The summed E-state index contributed by atoms with van der Waals surface area (Å²) >= 11 is 1.41. The van der Waals surface area contributed by atoms with Crippen molar-refractivity contribution in [3.63, 3.8) is 0 Å². The van der Waals surface area contributed by atoms with Crippen LogP contribution in [0.25, 0.3) is 10.2 Å². The second kappa shape index (κ2) is 9.82. The van der Waals surface area contributed by atoms with E-state index in [4.69, 9.17) is 4.74 Å². The number of carbonyl (C=O) groups is 1. The quantitative estimate of drug-likeness (QED) is 0.392. The summed E-state index contributed by atoms with van der Waals surface area (Å²) in [6.07, 6.45) is 0. The predicted octanol–water partition coefficient (Wildman–Crippen LogP) is 4.97. The lowest BCUT2D eigenvalue weighted by molar-refractivity contribution is 0.0998. The molecule has 1 N–H and O–H groups in total. The molecule has 0 unspecified atom stereocenters. The van der Waals surface area contributed by atoms with E-state index in [1.54, 1.807) is 42.5 Å². The molecular weight excluding hydrogens is 470 g/mol. The molecule has 0 saturated carbocycles. The molecule has 0 saturated heterocycles. The zero-order chi connectivity index (χ0) is 24.3. The lowest BCUT2D eigenvalue weighted by Crippen LogP contribution is -2.16. The van der Waals surface area contributed by atoms with E-state index in [9.17, 15) is 13.2 Å². The van der Waals surface area contributed by atoms with Gasteiger partial charge in [0.2, 0.25) is 0 Å². The smallest absolute Gasteiger partial charge is 0.279 e. The van der Waals surface area contributed by atoms with Crippen LogP contribution in [-0.4, -0.2) is 25.5 Å². The third kappa shape index (κ3) is 4.90. The van der Waals surface area contributed by atoms with Crippen molar-refractivity contribution in [3.05, 3.63) is 82.7 Å². The first-order valence-corrected chi connectivity index (χ1v) is 13.2. The molecule has 0 atom stereocenters. The number of fused-ring (bicyclic) bond motifs is 1. The Balaban J connectivity index is 1.67. The summed E-state index contributed by atoms with van der Waals surface area (Å²) in [4.78, 5) is 18.1. The number of ether oxygens (including phenoxy) is 1. The Bertz CT molecular complexity index is 1520. The second-order valence-electron chi connectivity index (χ2n) is 7.58. The summed E-state index contributed by atoms with van der Waals surface area (Å²) < 4.78 is 36.7. The van der Waals surface area contributed by atoms with Crippen molar-refractivity contribution in [3.8, 4) is 5.75 Å². The highest BCUT2D eigenvalue weighted by molar-refractivity contribution is 7.92. The zero-order valence-corrected chi connectivity index (χ0v) is 20.7. The second-order valence-corrected chi connectivity index (χ2v) is 10.3. The Kier molecular flexibility index (Phi) is 6.85. The average Bonchev–Trinajstić information content (AvgIpc) is 3.17. The minimum absolute atomic E-state index is 0.152. The molecule has 176 valence electrons. The molecule has 9 heteroatoms. The first kappa shape index (κ1) is 23.7. The van der Waals surface area contributed by atoms with E-state index < -0.39 is 15.9 Å². The fraction of sp³-hybridized carbons (Fsp3) is 0.200. The molecule has 0 spiro atoms. The number of nitrogens with one attached hydrogen (secondary N) is 1. The predicted molar refractivity (Wildman–Crippen MR) is 135 cm³/mol. The average molecular weight is 496 g/mol. The van der Waals surface area contributed by atoms with Gasteiger partial charge in [-0.2, -0.15) is 4.99 Å². The lowest BCUT2D eigenvalue weighted by atomic mass is 10.2. The Morgan fingerprint density at radius 1 is 1.06 bits per heavy atom. The van der Waals surface area contributed by atoms with Crippen LogP contribution in [0.15, 0.2) is 76.6 Å². The Labute approximate surface area is 202 Å². The summed E-state index contributed by atoms with van der Waals surface area (Å²) in [5.41, 5.74) is 2.45. The topological polar surface area (TPSA) is 89.8 Å². The normalized spacial score (nSPS) is 12.1. The van der Waals surface area contributed by atoms with Crippen molar-refractivity contribution in [1.82, 2.24) is 4.57 Å². The van der Waals surface area contributed by atoms with Gasteiger partial charge in [0.05, 0.1) is 16.2 Å². The molecule has 4 rings (SSSR count). The van der Waals surface area contributed by atoms with Gasteiger partial charge in [0.1, 0.15) is 11.3 Å². The highest BCUT2D eigenvalue weighted by Gasteiger charge is 2.16. The van der Waals surface area contributed by atoms with Crippen LogP contribution in [0.1, 0.15) is 29.8 Å². The third-order valence-electron chi connectivity index (χ3n) is 5.17. The first-order chi connectivity index (χ1) is 16.3. The van der Waals surface area contributed by atoms with E-state index in [1.165, 1.54) is 17.4 Å². The molecule has 1 amide bonds. The van der Waals surface area contributed by atoms with Crippen LogP contribution in [0, 0.1) is 6.92 Å². The van der Waals surface area contributed by atoms with Gasteiger partial charge in [-0.3, -0.25) is 9.52 Å². The number of rotatable bonds is 7. The number of thiazole rings is 1. The van der Waals surface area contributed by atoms with Gasteiger partial charge in [-0.15, -0.1) is 0 Å². The van der Waals surface area contributed by atoms with Crippen molar-refractivity contribution in [2.45, 2.75) is 32.2 Å². The monoisotopic (exact) mass is 495 g/mol. The molecule has 4 aromatic rings. The minimum atomic E-state index is -3.78. The van der Waals surface area contributed by atoms with Gasteiger partial charge in [0, 0.05) is 17.8 Å². The number of hydrogen-bond donors (Lipinski definition) is 1. The number of benzene rings is 3. The maximum absolute atomic E-state index is 13.0. The van der Waals surface area contributed by atoms with Crippen LogP contribution in [-0.2, 0) is 16.6 Å². The molecule has 3 aromatic carbocycles. The van der Waals surface area contributed by atoms with Crippen molar-refractivity contribution in [1.29, 1.82) is 0 Å². The number of aryl methyl sites for hydroxylation is 2. The number of sulfonamides is 1. The molecule has 0 radical (unpaired) electrons. The van der Waals surface area contributed by atoms with Crippen molar-refractivity contribution >= 4 is 43.2 Å². The standard InChI is InChI=1S/C25H25N3O4S2/c1-4-28-23-21(32-5-2)10-7-11-22(23)33-25(28)26-24(29)18-8-6-9-19(16-18)27-34(30,31)20-14-12-17(3)13-15-20/h6-16,27H,4-5H2,1-3H3. The maximum Gasteiger partial charge on any atom is 0.279 e. The van der Waals surface area contributed by atoms with Gasteiger partial charge in [-0.1, -0.05) is 41.2 Å². The van der Waals surface area contributed by atoms with Gasteiger partial charge < -0.3 is 9.30 Å². The van der Waals surface area contributed by atoms with Crippen molar-refractivity contribution < 1.29 is 17.9 Å². The summed E-state index contributed by atoms with van der Waals surface area (Å²) in [5.74, 6) is 0.294. The molecule has 0 fully saturated rings. The Morgan fingerprint density at radius 3 is 2.50 bits per heavy atom. The van der Waals surface area contributed by atoms with E-state index in [0.29, 0.717) is 23.6 Å². The summed E-state index contributed by atoms with van der Waals surface area (Å²) in [5, 5.41) is 0. The number of hydrogen-bond acceptors (Lipinski definition) is 5. The third-order valence-corrected chi connectivity index (χ3v) is 7.61. The fourth-order valence-corrected chi connectivity index (χ4v) is 5.71. The number of para-hydroxylation sites is 1. The summed E-state index contributed by atoms with van der Waals surface area (Å²) in [7, 11) is -3.78. The highest BCUT2D eigenvalue weighted by Crippen LogP contribution is 2.27. The molecule has 7 nitrogen and oxygen atoms in total. The molecule has 0 aliphatic rings. The highest BCUT2D eigenvalue weighted by atomic mass is 32.2. The van der Waals surface area contributed by atoms with Crippen molar-refractivity contribution in [2.24, 2.45) is 4.99 Å². The van der Waals surface area contributed by atoms with Crippen LogP contribution in [0.2, 0.25) is 0 Å². The Hall–Kier alpha value is -3.43. The number of carbonyl (C=O) groups excluding carboxylic acids is 1. The van der Waals surface area contributed by atoms with Crippen LogP contribution in [0.5, 0.6) is 5.75 Å². The van der Waals surface area contributed by atoms with E-state index in [1.807, 2.05) is 43.5 Å². The first-order valence-electron chi connectivity index (χ1n) is 10.9. The van der Waals surface area contributed by atoms with Gasteiger partial charge in [-0.05, 0) is 63.2 Å². The van der Waals surface area contributed by atoms with Crippen LogP contribution in [0.4, 0.5) is 5.69 Å². The molecule has 0 bridgehead atoms. The number of aromatic nitrogens is 1. The fourth-order valence-electron chi connectivity index (χ4n) is 3.55. The van der Waals surface area contributed by atoms with Crippen molar-refractivity contribution in [2.75, 3.05) is 11.3 Å². The van der Waals surface area contributed by atoms with Gasteiger partial charge in [0.25, 0.3) is 15.9 Å². The molecule has 34 heavy (non-hydrogen) atoms. The van der Waals surface area contributed by atoms with Crippen LogP contribution < -0.4 is 14.3 Å². The molecular formula is C25H25N3O4S2. The summed E-state index contributed by atoms with van der Waals surface area (Å²) in [6.45, 7) is 6.95. The molecule has 0 aliphatic carbocycles. The molecule has 0 aliphatic heterocycles. The number of amides is 1. The van der Waals surface area contributed by atoms with Gasteiger partial charge in [0.15, 0.2) is 4.80 Å². The lowest BCUT2D eigenvalue weighted by Gasteiger charge is -2.09. The maximum atomic E-state index is 13.0.